The van der Waals surface area contributed by atoms with E-state index in [1.54, 1.807) is 67.5 Å². The quantitative estimate of drug-likeness (QED) is 0.0565. The maximum atomic E-state index is 13.8. The lowest BCUT2D eigenvalue weighted by Crippen LogP contribution is -2.57. The molecule has 0 spiro atoms. The summed E-state index contributed by atoms with van der Waals surface area (Å²) in [6.07, 6.45) is -4.43. The first-order valence-corrected chi connectivity index (χ1v) is 20.8. The number of methoxy groups -OCH3 is 1. The van der Waals surface area contributed by atoms with Crippen molar-refractivity contribution in [3.63, 3.8) is 0 Å². The van der Waals surface area contributed by atoms with Crippen LogP contribution in [0.25, 0.3) is 11.1 Å². The van der Waals surface area contributed by atoms with Crippen LogP contribution in [0.3, 0.4) is 0 Å². The molecule has 0 unspecified atom stereocenters. The number of ether oxygens (including phenoxy) is 7. The third-order valence-corrected chi connectivity index (χ3v) is 11.7. The lowest BCUT2D eigenvalue weighted by molar-refractivity contribution is -0.386. The number of fused-ring (bicyclic) bond motifs is 3. The summed E-state index contributed by atoms with van der Waals surface area (Å²) in [5.74, 6) is 0.471. The number of benzene rings is 4. The summed E-state index contributed by atoms with van der Waals surface area (Å²) in [7, 11) is 1.55. The van der Waals surface area contributed by atoms with Gasteiger partial charge < -0.3 is 43.2 Å². The van der Waals surface area contributed by atoms with Crippen molar-refractivity contribution in [1.82, 2.24) is 4.90 Å². The molecule has 2 aliphatic heterocycles. The van der Waals surface area contributed by atoms with Gasteiger partial charge in [-0.3, -0.25) is 10.1 Å². The molecule has 0 bridgehead atoms. The Bertz CT molecular complexity index is 2110. The molecule has 15 heteroatoms. The molecule has 316 valence electrons. The van der Waals surface area contributed by atoms with Crippen LogP contribution in [0.5, 0.6) is 5.75 Å². The zero-order valence-corrected chi connectivity index (χ0v) is 34.3. The number of carbonyl (C=O) groups excluding carboxylic acids is 2. The molecule has 7 rings (SSSR count). The smallest absolute Gasteiger partial charge is 0.410 e. The summed E-state index contributed by atoms with van der Waals surface area (Å²) in [6.45, 7) is 3.91. The highest BCUT2D eigenvalue weighted by atomic mass is 32.2. The number of nitrogens with zero attached hydrogens (tertiary/aromatic N) is 2. The maximum Gasteiger partial charge on any atom is 0.410 e. The summed E-state index contributed by atoms with van der Waals surface area (Å²) in [5, 5.41) is 23.1. The molecule has 2 fully saturated rings. The van der Waals surface area contributed by atoms with Gasteiger partial charge in [-0.2, -0.15) is 0 Å². The highest BCUT2D eigenvalue weighted by molar-refractivity contribution is 8.13. The Hall–Kier alpha value is -5.13. The minimum atomic E-state index is -1.29. The van der Waals surface area contributed by atoms with E-state index in [2.05, 4.69) is 24.3 Å². The molecule has 2 heterocycles. The third-order valence-electron chi connectivity index (χ3n) is 11.0. The molecule has 1 aliphatic carbocycles. The van der Waals surface area contributed by atoms with E-state index < -0.39 is 59.4 Å². The van der Waals surface area contributed by atoms with Crippen LogP contribution in [0.4, 0.5) is 15.3 Å². The minimum Gasteiger partial charge on any atom is -0.448 e. The van der Waals surface area contributed by atoms with Gasteiger partial charge in [0.15, 0.2) is 12.6 Å². The van der Waals surface area contributed by atoms with Crippen molar-refractivity contribution < 1.29 is 52.8 Å². The van der Waals surface area contributed by atoms with E-state index in [0.29, 0.717) is 23.4 Å². The molecule has 4 aromatic carbocycles. The molecule has 1 N–H and O–H groups in total. The third kappa shape index (κ3) is 9.74. The Balaban J connectivity index is 1.02. The number of para-hydroxylation sites is 2. The summed E-state index contributed by atoms with van der Waals surface area (Å²) in [4.78, 5) is 39.1. The normalized spacial score (nSPS) is 24.3. The van der Waals surface area contributed by atoms with Crippen molar-refractivity contribution in [2.75, 3.05) is 32.6 Å². The average molecular weight is 841 g/mol. The van der Waals surface area contributed by atoms with Crippen LogP contribution < -0.4 is 4.74 Å². The lowest BCUT2D eigenvalue weighted by atomic mass is 9.95. The monoisotopic (exact) mass is 840 g/mol. The van der Waals surface area contributed by atoms with Crippen molar-refractivity contribution in [2.24, 2.45) is 0 Å². The molecular formula is C45H48N2O12S. The number of aliphatic hydroxyl groups is 1. The van der Waals surface area contributed by atoms with E-state index in [4.69, 9.17) is 33.2 Å². The molecule has 0 saturated carbocycles. The molecule has 2 saturated heterocycles. The van der Waals surface area contributed by atoms with Gasteiger partial charge in [0.25, 0.3) is 5.69 Å². The van der Waals surface area contributed by atoms with Gasteiger partial charge >= 0.3 is 11.4 Å². The second-order valence-corrected chi connectivity index (χ2v) is 15.5. The predicted octanol–water partition coefficient (Wildman–Crippen LogP) is 7.86. The zero-order valence-electron chi connectivity index (χ0n) is 33.5. The number of hydrogen-bond donors (Lipinski definition) is 1. The van der Waals surface area contributed by atoms with Crippen molar-refractivity contribution >= 4 is 28.8 Å². The number of hydrogen-bond acceptors (Lipinski definition) is 13. The Morgan fingerprint density at radius 3 is 2.32 bits per heavy atom. The van der Waals surface area contributed by atoms with Crippen LogP contribution in [0.15, 0.2) is 115 Å². The Morgan fingerprint density at radius 1 is 0.967 bits per heavy atom. The number of rotatable bonds is 14. The van der Waals surface area contributed by atoms with Crippen molar-refractivity contribution in [1.29, 1.82) is 0 Å². The van der Waals surface area contributed by atoms with E-state index in [1.165, 1.54) is 6.07 Å². The van der Waals surface area contributed by atoms with E-state index in [0.717, 1.165) is 34.0 Å². The molecule has 1 amide bonds. The highest BCUT2D eigenvalue weighted by Gasteiger charge is 2.46. The van der Waals surface area contributed by atoms with Gasteiger partial charge in [0.2, 0.25) is 0 Å². The number of likely N-dealkylation sites (N-methyl/N-ethyl adjacent to an activating group) is 1. The SMILES string of the molecule is CCN(C(=O)OCC1c2ccccc2-c2ccccc21)[C@H]1CO[C@@H](O[C@H]2[C@H](OCc3ccccc3[N+](=O)[O-])O[C@H](C)/C(=C\CSC(=O)Oc3ccccc3)[C@@H]2O)C[C@@H]1OC. The number of nitro benzene ring substituents is 1. The van der Waals surface area contributed by atoms with Gasteiger partial charge in [0.1, 0.15) is 24.6 Å². The number of amides is 1. The number of nitro groups is 1. The summed E-state index contributed by atoms with van der Waals surface area (Å²) < 4.78 is 42.3. The summed E-state index contributed by atoms with van der Waals surface area (Å²) in [6, 6.07) is 30.7. The van der Waals surface area contributed by atoms with Crippen molar-refractivity contribution in [2.45, 2.75) is 75.8 Å². The van der Waals surface area contributed by atoms with Gasteiger partial charge in [0, 0.05) is 37.8 Å². The molecule has 7 atom stereocenters. The molecule has 0 aromatic heterocycles. The number of carbonyl (C=O) groups is 2. The average Bonchev–Trinajstić information content (AvgIpc) is 3.58. The maximum absolute atomic E-state index is 13.8. The fraction of sp³-hybridized carbons (Fsp3) is 0.378. The Labute approximate surface area is 352 Å². The predicted molar refractivity (Wildman–Crippen MR) is 222 cm³/mol. The van der Waals surface area contributed by atoms with Gasteiger partial charge in [-0.15, -0.1) is 0 Å². The van der Waals surface area contributed by atoms with Crippen LogP contribution in [-0.4, -0.2) is 102 Å². The minimum absolute atomic E-state index is 0.0336. The zero-order chi connectivity index (χ0) is 42.2. The Morgan fingerprint density at radius 2 is 1.63 bits per heavy atom. The first kappa shape index (κ1) is 43.0. The standard InChI is InChI=1S/C45H48N2O12S/c1-4-46(44(49)56-26-36-34-19-11-9-17-32(34)33-18-10-12-20-35(33)36)38-27-54-40(24-39(38)53-3)59-42-41(48)31(22-23-60-45(50)58-30-15-6-5-7-16-30)28(2)57-43(42)55-25-29-14-8-13-21-37(29)47(51)52/h5-22,28,36,38-43,48H,4,23-27H2,1-3H3/b31-22+/t28-,38+,39+,40+,41+,42-,43-/m1/s1. The number of aliphatic hydroxyl groups excluding tert-OH is 1. The lowest BCUT2D eigenvalue weighted by Gasteiger charge is -2.44. The molecule has 3 aliphatic rings. The molecule has 4 aromatic rings. The van der Waals surface area contributed by atoms with E-state index in [9.17, 15) is 24.8 Å². The molecule has 60 heavy (non-hydrogen) atoms. The fourth-order valence-corrected chi connectivity index (χ4v) is 8.58. The van der Waals surface area contributed by atoms with Crippen LogP contribution >= 0.6 is 11.8 Å². The van der Waals surface area contributed by atoms with Crippen molar-refractivity contribution in [3.05, 3.63) is 142 Å². The van der Waals surface area contributed by atoms with Gasteiger partial charge in [0.05, 0.1) is 42.0 Å². The second kappa shape index (κ2) is 20.0. The molecule has 0 radical (unpaired) electrons. The van der Waals surface area contributed by atoms with Crippen molar-refractivity contribution in [3.8, 4) is 16.9 Å². The highest BCUT2D eigenvalue weighted by Crippen LogP contribution is 2.44. The van der Waals surface area contributed by atoms with Crippen LogP contribution in [-0.2, 0) is 35.0 Å². The number of thioether (sulfide) groups is 1. The van der Waals surface area contributed by atoms with Crippen LogP contribution in [0.1, 0.15) is 42.9 Å². The largest absolute Gasteiger partial charge is 0.448 e. The van der Waals surface area contributed by atoms with E-state index >= 15 is 0 Å². The van der Waals surface area contributed by atoms with Crippen LogP contribution in [0.2, 0.25) is 0 Å². The second-order valence-electron chi connectivity index (χ2n) is 14.5. The van der Waals surface area contributed by atoms with E-state index in [1.807, 2.05) is 37.3 Å². The van der Waals surface area contributed by atoms with Gasteiger partial charge in [-0.1, -0.05) is 84.9 Å². The fourth-order valence-electron chi connectivity index (χ4n) is 8.02. The van der Waals surface area contributed by atoms with Gasteiger partial charge in [-0.25, -0.2) is 9.59 Å². The van der Waals surface area contributed by atoms with Gasteiger partial charge in [-0.05, 0) is 71.6 Å². The van der Waals surface area contributed by atoms with E-state index in [-0.39, 0.29) is 43.6 Å². The Kier molecular flexibility index (Phi) is 14.3. The van der Waals surface area contributed by atoms with Crippen LogP contribution in [0, 0.1) is 10.1 Å². The summed E-state index contributed by atoms with van der Waals surface area (Å²) in [5.41, 5.74) is 5.12. The molecular weight excluding hydrogens is 793 g/mol. The topological polar surface area (TPSA) is 165 Å². The molecule has 14 nitrogen and oxygen atoms in total. The first-order valence-electron chi connectivity index (χ1n) is 19.8. The first-order chi connectivity index (χ1) is 29.2. The summed E-state index contributed by atoms with van der Waals surface area (Å²) >= 11 is 0.910.